The Kier molecular flexibility index (Phi) is 4.47. The van der Waals surface area contributed by atoms with E-state index in [1.165, 1.54) is 31.4 Å². The summed E-state index contributed by atoms with van der Waals surface area (Å²) < 4.78 is 0. The molecule has 4 heteroatoms. The first-order chi connectivity index (χ1) is 7.38. The number of nitrogens with zero attached hydrogens (tertiary/aromatic N) is 1. The second-order valence-electron chi connectivity index (χ2n) is 4.08. The minimum atomic E-state index is 0.706. The Labute approximate surface area is 99.9 Å². The molecule has 84 valence electrons. The highest BCUT2D eigenvalue weighted by molar-refractivity contribution is 7.99. The lowest BCUT2D eigenvalue weighted by molar-refractivity contribution is 0.378. The molecule has 2 nitrogen and oxygen atoms in total. The van der Waals surface area contributed by atoms with Crippen LogP contribution in [0.15, 0.2) is 10.9 Å². The van der Waals surface area contributed by atoms with Crippen molar-refractivity contribution in [3.63, 3.8) is 0 Å². The SMILES string of the molecule is CSC1CCCC(NCc2cscn2)C1. The van der Waals surface area contributed by atoms with Gasteiger partial charge in [0.05, 0.1) is 11.2 Å². The molecule has 0 amide bonds. The van der Waals surface area contributed by atoms with Crippen molar-refractivity contribution in [2.45, 2.75) is 43.5 Å². The van der Waals surface area contributed by atoms with E-state index in [2.05, 4.69) is 21.9 Å². The minimum Gasteiger partial charge on any atom is -0.308 e. The predicted molar refractivity (Wildman–Crippen MR) is 68.5 cm³/mol. The molecule has 0 radical (unpaired) electrons. The van der Waals surface area contributed by atoms with E-state index in [1.807, 2.05) is 17.3 Å². The van der Waals surface area contributed by atoms with Crippen LogP contribution in [0.5, 0.6) is 0 Å². The average Bonchev–Trinajstić information content (AvgIpc) is 2.79. The summed E-state index contributed by atoms with van der Waals surface area (Å²) in [7, 11) is 0. The van der Waals surface area contributed by atoms with Gasteiger partial charge >= 0.3 is 0 Å². The molecule has 15 heavy (non-hydrogen) atoms. The lowest BCUT2D eigenvalue weighted by Gasteiger charge is -2.28. The first-order valence-corrected chi connectivity index (χ1v) is 7.75. The Morgan fingerprint density at radius 1 is 1.60 bits per heavy atom. The van der Waals surface area contributed by atoms with Crippen LogP contribution in [0.2, 0.25) is 0 Å². The molecule has 1 aromatic heterocycles. The van der Waals surface area contributed by atoms with Crippen LogP contribution in [0.4, 0.5) is 0 Å². The topological polar surface area (TPSA) is 24.9 Å². The van der Waals surface area contributed by atoms with Crippen LogP contribution in [0.3, 0.4) is 0 Å². The number of hydrogen-bond donors (Lipinski definition) is 1. The molecule has 1 saturated carbocycles. The maximum atomic E-state index is 4.29. The van der Waals surface area contributed by atoms with Gasteiger partial charge in [0.1, 0.15) is 0 Å². The van der Waals surface area contributed by atoms with E-state index in [0.29, 0.717) is 6.04 Å². The van der Waals surface area contributed by atoms with Gasteiger partial charge in [0, 0.05) is 23.2 Å². The molecule has 2 unspecified atom stereocenters. The second-order valence-corrected chi connectivity index (χ2v) is 5.94. The lowest BCUT2D eigenvalue weighted by atomic mass is 9.95. The van der Waals surface area contributed by atoms with Crippen molar-refractivity contribution in [2.24, 2.45) is 0 Å². The zero-order valence-corrected chi connectivity index (χ0v) is 10.7. The summed E-state index contributed by atoms with van der Waals surface area (Å²) in [6, 6.07) is 0.706. The quantitative estimate of drug-likeness (QED) is 0.879. The third kappa shape index (κ3) is 3.47. The average molecular weight is 242 g/mol. The number of rotatable bonds is 4. The molecule has 2 rings (SSSR count). The number of aromatic nitrogens is 1. The van der Waals surface area contributed by atoms with Crippen LogP contribution in [0.1, 0.15) is 31.4 Å². The zero-order chi connectivity index (χ0) is 10.5. The van der Waals surface area contributed by atoms with E-state index >= 15 is 0 Å². The maximum Gasteiger partial charge on any atom is 0.0795 e. The van der Waals surface area contributed by atoms with E-state index in [-0.39, 0.29) is 0 Å². The Bertz CT molecular complexity index is 274. The van der Waals surface area contributed by atoms with Crippen LogP contribution < -0.4 is 5.32 Å². The summed E-state index contributed by atoms with van der Waals surface area (Å²) in [4.78, 5) is 4.29. The molecule has 2 atom stereocenters. The van der Waals surface area contributed by atoms with Crippen LogP contribution in [0, 0.1) is 0 Å². The van der Waals surface area contributed by atoms with Crippen LogP contribution >= 0.6 is 23.1 Å². The normalized spacial score (nSPS) is 26.7. The van der Waals surface area contributed by atoms with Gasteiger partial charge in [-0.05, 0) is 25.5 Å². The van der Waals surface area contributed by atoms with Crippen LogP contribution in [0.25, 0.3) is 0 Å². The Hall–Kier alpha value is -0.0600. The van der Waals surface area contributed by atoms with Gasteiger partial charge in [-0.25, -0.2) is 4.98 Å². The van der Waals surface area contributed by atoms with Crippen molar-refractivity contribution >= 4 is 23.1 Å². The predicted octanol–water partition coefficient (Wildman–Crippen LogP) is 2.91. The Morgan fingerprint density at radius 2 is 2.53 bits per heavy atom. The van der Waals surface area contributed by atoms with Crippen LogP contribution in [-0.4, -0.2) is 22.5 Å². The first kappa shape index (κ1) is 11.4. The third-order valence-electron chi connectivity index (χ3n) is 3.01. The molecule has 0 spiro atoms. The summed E-state index contributed by atoms with van der Waals surface area (Å²) in [6.07, 6.45) is 7.66. The van der Waals surface area contributed by atoms with Crippen LogP contribution in [-0.2, 0) is 6.54 Å². The summed E-state index contributed by atoms with van der Waals surface area (Å²) in [5.41, 5.74) is 3.09. The highest BCUT2D eigenvalue weighted by Gasteiger charge is 2.20. The summed E-state index contributed by atoms with van der Waals surface area (Å²) in [5, 5.41) is 6.61. The summed E-state index contributed by atoms with van der Waals surface area (Å²) in [6.45, 7) is 0.940. The van der Waals surface area contributed by atoms with Gasteiger partial charge in [0.2, 0.25) is 0 Å². The fraction of sp³-hybridized carbons (Fsp3) is 0.727. The molecule has 1 aliphatic rings. The fourth-order valence-corrected chi connectivity index (χ4v) is 3.50. The van der Waals surface area contributed by atoms with Gasteiger partial charge in [-0.1, -0.05) is 6.42 Å². The van der Waals surface area contributed by atoms with E-state index < -0.39 is 0 Å². The minimum absolute atomic E-state index is 0.706. The van der Waals surface area contributed by atoms with Gasteiger partial charge in [-0.15, -0.1) is 11.3 Å². The van der Waals surface area contributed by atoms with Gasteiger partial charge < -0.3 is 5.32 Å². The van der Waals surface area contributed by atoms with Crippen molar-refractivity contribution in [2.75, 3.05) is 6.26 Å². The third-order valence-corrected chi connectivity index (χ3v) is 4.74. The van der Waals surface area contributed by atoms with Crippen molar-refractivity contribution in [3.8, 4) is 0 Å². The first-order valence-electron chi connectivity index (χ1n) is 5.51. The number of hydrogen-bond acceptors (Lipinski definition) is 4. The molecular weight excluding hydrogens is 224 g/mol. The Morgan fingerprint density at radius 3 is 3.27 bits per heavy atom. The molecule has 0 saturated heterocycles. The smallest absolute Gasteiger partial charge is 0.0795 e. The van der Waals surface area contributed by atoms with Crippen molar-refractivity contribution in [3.05, 3.63) is 16.6 Å². The van der Waals surface area contributed by atoms with Gasteiger partial charge in [-0.3, -0.25) is 0 Å². The standard InChI is InChI=1S/C11H18N2S2/c1-14-11-4-2-3-9(5-11)12-6-10-7-15-8-13-10/h7-9,11-12H,2-6H2,1H3. The highest BCUT2D eigenvalue weighted by Crippen LogP contribution is 2.26. The van der Waals surface area contributed by atoms with Gasteiger partial charge in [0.15, 0.2) is 0 Å². The monoisotopic (exact) mass is 242 g/mol. The fourth-order valence-electron chi connectivity index (χ4n) is 2.12. The largest absolute Gasteiger partial charge is 0.308 e. The highest BCUT2D eigenvalue weighted by atomic mass is 32.2. The number of thiazole rings is 1. The summed E-state index contributed by atoms with van der Waals surface area (Å²) >= 11 is 3.70. The molecule has 0 bridgehead atoms. The van der Waals surface area contributed by atoms with Gasteiger partial charge in [-0.2, -0.15) is 11.8 Å². The molecule has 1 aromatic rings. The molecule has 0 aliphatic heterocycles. The van der Waals surface area contributed by atoms with Crippen molar-refractivity contribution < 1.29 is 0 Å². The molecule has 0 aromatic carbocycles. The van der Waals surface area contributed by atoms with E-state index in [0.717, 1.165) is 11.8 Å². The molecule has 1 N–H and O–H groups in total. The summed E-state index contributed by atoms with van der Waals surface area (Å²) in [5.74, 6) is 0. The van der Waals surface area contributed by atoms with Gasteiger partial charge in [0.25, 0.3) is 0 Å². The number of thioether (sulfide) groups is 1. The van der Waals surface area contributed by atoms with E-state index in [9.17, 15) is 0 Å². The van der Waals surface area contributed by atoms with E-state index in [1.54, 1.807) is 11.3 Å². The van der Waals surface area contributed by atoms with E-state index in [4.69, 9.17) is 0 Å². The molecule has 1 heterocycles. The maximum absolute atomic E-state index is 4.29. The molecule has 1 aliphatic carbocycles. The lowest BCUT2D eigenvalue weighted by Crippen LogP contribution is -2.34. The van der Waals surface area contributed by atoms with Crippen molar-refractivity contribution in [1.29, 1.82) is 0 Å². The zero-order valence-electron chi connectivity index (χ0n) is 9.11. The second kappa shape index (κ2) is 5.87. The molecule has 1 fully saturated rings. The number of nitrogens with one attached hydrogen (secondary N) is 1. The Balaban J connectivity index is 1.74. The molecular formula is C11H18N2S2. The van der Waals surface area contributed by atoms with Crippen molar-refractivity contribution in [1.82, 2.24) is 10.3 Å².